The molecule has 2 aliphatic rings. The van der Waals surface area contributed by atoms with Crippen molar-refractivity contribution in [1.29, 1.82) is 5.26 Å². The zero-order valence-electron chi connectivity index (χ0n) is 14.1. The Kier molecular flexibility index (Phi) is 5.50. The molecular weight excluding hydrogens is 331 g/mol. The third-order valence-electron chi connectivity index (χ3n) is 4.93. The number of benzene rings is 1. The number of hydrogen-bond acceptors (Lipinski definition) is 4. The molecule has 25 heavy (non-hydrogen) atoms. The summed E-state index contributed by atoms with van der Waals surface area (Å²) >= 11 is 0. The van der Waals surface area contributed by atoms with E-state index >= 15 is 0 Å². The number of hydrogen-bond donors (Lipinski definition) is 0. The molecule has 0 amide bonds. The maximum absolute atomic E-state index is 13.2. The van der Waals surface area contributed by atoms with Crippen LogP contribution in [0, 0.1) is 17.2 Å². The van der Waals surface area contributed by atoms with E-state index in [0.717, 1.165) is 64.8 Å². The maximum atomic E-state index is 13.2. The van der Waals surface area contributed by atoms with Gasteiger partial charge in [0.2, 0.25) is 0 Å². The van der Waals surface area contributed by atoms with Crippen molar-refractivity contribution in [3.8, 4) is 6.07 Å². The van der Waals surface area contributed by atoms with Crippen molar-refractivity contribution < 1.29 is 17.9 Å². The van der Waals surface area contributed by atoms with Gasteiger partial charge in [-0.3, -0.25) is 4.90 Å². The molecular formula is C18H22F3N3O. The van der Waals surface area contributed by atoms with Gasteiger partial charge in [-0.1, -0.05) is 0 Å². The Morgan fingerprint density at radius 2 is 1.96 bits per heavy atom. The quantitative estimate of drug-likeness (QED) is 0.837. The number of piperidine rings is 1. The Hall–Kier alpha value is -1.78. The van der Waals surface area contributed by atoms with Gasteiger partial charge in [0.15, 0.2) is 0 Å². The fourth-order valence-electron chi connectivity index (χ4n) is 3.66. The highest BCUT2D eigenvalue weighted by Gasteiger charge is 2.34. The minimum Gasteiger partial charge on any atom is -0.379 e. The van der Waals surface area contributed by atoms with E-state index in [2.05, 4.69) is 4.90 Å². The van der Waals surface area contributed by atoms with Gasteiger partial charge >= 0.3 is 6.18 Å². The summed E-state index contributed by atoms with van der Waals surface area (Å²) in [5, 5.41) is 8.93. The zero-order valence-corrected chi connectivity index (χ0v) is 14.1. The molecule has 0 aliphatic carbocycles. The summed E-state index contributed by atoms with van der Waals surface area (Å²) in [5.74, 6) is 0.442. The molecule has 136 valence electrons. The van der Waals surface area contributed by atoms with Gasteiger partial charge in [0, 0.05) is 38.4 Å². The second-order valence-electron chi connectivity index (χ2n) is 6.71. The molecule has 1 aromatic rings. The number of anilines is 1. The molecule has 0 saturated carbocycles. The van der Waals surface area contributed by atoms with Crippen LogP contribution in [0.1, 0.15) is 24.0 Å². The topological polar surface area (TPSA) is 39.5 Å². The second kappa shape index (κ2) is 7.63. The SMILES string of the molecule is N#Cc1ccc(N2CCCC(CN3CCOCC3)C2)cc1C(F)(F)F. The van der Waals surface area contributed by atoms with Gasteiger partial charge in [-0.15, -0.1) is 0 Å². The molecule has 7 heteroatoms. The van der Waals surface area contributed by atoms with Crippen LogP contribution in [0.3, 0.4) is 0 Å². The van der Waals surface area contributed by atoms with Crippen LogP contribution in [0.5, 0.6) is 0 Å². The van der Waals surface area contributed by atoms with Gasteiger partial charge in [-0.05, 0) is 37.0 Å². The summed E-state index contributed by atoms with van der Waals surface area (Å²) < 4.78 is 44.9. The number of halogens is 3. The van der Waals surface area contributed by atoms with E-state index in [1.165, 1.54) is 6.07 Å². The van der Waals surface area contributed by atoms with Crippen molar-refractivity contribution in [3.63, 3.8) is 0 Å². The molecule has 0 radical (unpaired) electrons. The van der Waals surface area contributed by atoms with E-state index in [0.29, 0.717) is 11.6 Å². The fourth-order valence-corrected chi connectivity index (χ4v) is 3.66. The summed E-state index contributed by atoms with van der Waals surface area (Å²) in [6, 6.07) is 5.67. The molecule has 1 atom stereocenters. The first-order chi connectivity index (χ1) is 12.0. The van der Waals surface area contributed by atoms with Crippen molar-refractivity contribution in [2.75, 3.05) is 50.8 Å². The Bertz CT molecular complexity index is 635. The second-order valence-corrected chi connectivity index (χ2v) is 6.71. The summed E-state index contributed by atoms with van der Waals surface area (Å²) in [6.45, 7) is 5.81. The highest BCUT2D eigenvalue weighted by molar-refractivity contribution is 5.55. The smallest absolute Gasteiger partial charge is 0.379 e. The lowest BCUT2D eigenvalue weighted by molar-refractivity contribution is -0.137. The van der Waals surface area contributed by atoms with E-state index in [4.69, 9.17) is 10.00 Å². The van der Waals surface area contributed by atoms with Crippen molar-refractivity contribution in [2.45, 2.75) is 19.0 Å². The predicted molar refractivity (Wildman–Crippen MR) is 88.4 cm³/mol. The highest BCUT2D eigenvalue weighted by atomic mass is 19.4. The van der Waals surface area contributed by atoms with Gasteiger partial charge in [-0.25, -0.2) is 0 Å². The molecule has 3 rings (SSSR count). The molecule has 2 heterocycles. The van der Waals surface area contributed by atoms with Crippen LogP contribution in [-0.2, 0) is 10.9 Å². The van der Waals surface area contributed by atoms with E-state index in [-0.39, 0.29) is 5.56 Å². The lowest BCUT2D eigenvalue weighted by Gasteiger charge is -2.38. The van der Waals surface area contributed by atoms with E-state index in [1.807, 2.05) is 4.90 Å². The number of morpholine rings is 1. The van der Waals surface area contributed by atoms with Gasteiger partial charge in [0.05, 0.1) is 30.4 Å². The first-order valence-electron chi connectivity index (χ1n) is 8.64. The van der Waals surface area contributed by atoms with E-state index < -0.39 is 11.7 Å². The number of rotatable bonds is 3. The zero-order chi connectivity index (χ0) is 17.9. The summed E-state index contributed by atoms with van der Waals surface area (Å²) in [4.78, 5) is 4.39. The number of alkyl halides is 3. The number of nitriles is 1. The van der Waals surface area contributed by atoms with Crippen LogP contribution in [0.15, 0.2) is 18.2 Å². The highest BCUT2D eigenvalue weighted by Crippen LogP contribution is 2.35. The van der Waals surface area contributed by atoms with Crippen molar-refractivity contribution in [3.05, 3.63) is 29.3 Å². The van der Waals surface area contributed by atoms with Crippen molar-refractivity contribution in [1.82, 2.24) is 4.90 Å². The molecule has 1 unspecified atom stereocenters. The molecule has 4 nitrogen and oxygen atoms in total. The van der Waals surface area contributed by atoms with Crippen LogP contribution in [0.2, 0.25) is 0 Å². The Morgan fingerprint density at radius 1 is 1.20 bits per heavy atom. The van der Waals surface area contributed by atoms with E-state index in [1.54, 1.807) is 12.1 Å². The third-order valence-corrected chi connectivity index (χ3v) is 4.93. The van der Waals surface area contributed by atoms with Gasteiger partial charge in [0.25, 0.3) is 0 Å². The van der Waals surface area contributed by atoms with Crippen molar-refractivity contribution >= 4 is 5.69 Å². The maximum Gasteiger partial charge on any atom is 0.417 e. The molecule has 2 saturated heterocycles. The first kappa shape index (κ1) is 18.0. The molecule has 1 aromatic carbocycles. The number of nitrogens with zero attached hydrogens (tertiary/aromatic N) is 3. The monoisotopic (exact) mass is 353 g/mol. The van der Waals surface area contributed by atoms with Gasteiger partial charge in [0.1, 0.15) is 0 Å². The molecule has 2 fully saturated rings. The van der Waals surface area contributed by atoms with Crippen LogP contribution in [0.25, 0.3) is 0 Å². The minimum absolute atomic E-state index is 0.321. The predicted octanol–water partition coefficient (Wildman–Crippen LogP) is 3.13. The average Bonchev–Trinajstić information content (AvgIpc) is 2.61. The lowest BCUT2D eigenvalue weighted by Crippen LogP contribution is -2.44. The standard InChI is InChI=1S/C18H22F3N3O/c19-18(20,21)17-10-16(4-3-15(17)11-22)24-5-1-2-14(13-24)12-23-6-8-25-9-7-23/h3-4,10,14H,1-2,5-9,12-13H2. The molecule has 0 N–H and O–H groups in total. The lowest BCUT2D eigenvalue weighted by atomic mass is 9.96. The van der Waals surface area contributed by atoms with Crippen LogP contribution < -0.4 is 4.90 Å². The Morgan fingerprint density at radius 3 is 2.64 bits per heavy atom. The molecule has 0 aromatic heterocycles. The number of ether oxygens (including phenoxy) is 1. The largest absolute Gasteiger partial charge is 0.417 e. The van der Waals surface area contributed by atoms with Gasteiger partial charge in [-0.2, -0.15) is 18.4 Å². The van der Waals surface area contributed by atoms with Gasteiger partial charge < -0.3 is 9.64 Å². The van der Waals surface area contributed by atoms with Crippen LogP contribution in [0.4, 0.5) is 18.9 Å². The molecule has 2 aliphatic heterocycles. The first-order valence-corrected chi connectivity index (χ1v) is 8.64. The normalized spacial score (nSPS) is 22.6. The van der Waals surface area contributed by atoms with Crippen LogP contribution >= 0.6 is 0 Å². The molecule has 0 spiro atoms. The Labute approximate surface area is 145 Å². The van der Waals surface area contributed by atoms with Crippen LogP contribution in [-0.4, -0.2) is 50.8 Å². The van der Waals surface area contributed by atoms with E-state index in [9.17, 15) is 13.2 Å². The summed E-state index contributed by atoms with van der Waals surface area (Å²) in [7, 11) is 0. The molecule has 0 bridgehead atoms. The fraction of sp³-hybridized carbons (Fsp3) is 0.611. The summed E-state index contributed by atoms with van der Waals surface area (Å²) in [5.41, 5.74) is -0.612. The van der Waals surface area contributed by atoms with Crippen molar-refractivity contribution in [2.24, 2.45) is 5.92 Å². The third kappa shape index (κ3) is 4.44. The minimum atomic E-state index is -4.51. The summed E-state index contributed by atoms with van der Waals surface area (Å²) in [6.07, 6.45) is -2.45. The Balaban J connectivity index is 1.71. The average molecular weight is 353 g/mol.